The summed E-state index contributed by atoms with van der Waals surface area (Å²) in [4.78, 5) is 14.6. The highest BCUT2D eigenvalue weighted by atomic mass is 79.9. The largest absolute Gasteiger partial charge is 0.375 e. The molecular formula is C12H13BrN4O2. The Kier molecular flexibility index (Phi) is 3.84. The lowest BCUT2D eigenvalue weighted by atomic mass is 10.2. The van der Waals surface area contributed by atoms with E-state index in [0.717, 1.165) is 11.5 Å². The molecule has 0 bridgehead atoms. The number of hydrogen-bond donors (Lipinski definition) is 1. The third kappa shape index (κ3) is 2.93. The molecule has 1 aromatic heterocycles. The zero-order chi connectivity index (χ0) is 14.0. The number of halogens is 1. The van der Waals surface area contributed by atoms with Crippen LogP contribution >= 0.6 is 15.9 Å². The summed E-state index contributed by atoms with van der Waals surface area (Å²) in [5.41, 5.74) is 0.850. The molecule has 0 fully saturated rings. The number of benzene rings is 1. The maximum Gasteiger partial charge on any atom is 0.283 e. The first-order valence-corrected chi connectivity index (χ1v) is 6.46. The molecular weight excluding hydrogens is 312 g/mol. The van der Waals surface area contributed by atoms with Crippen LogP contribution in [0.2, 0.25) is 0 Å². The van der Waals surface area contributed by atoms with E-state index in [1.807, 2.05) is 24.7 Å². The van der Waals surface area contributed by atoms with Gasteiger partial charge in [0.15, 0.2) is 0 Å². The highest BCUT2D eigenvalue weighted by molar-refractivity contribution is 9.10. The van der Waals surface area contributed by atoms with Gasteiger partial charge in [-0.3, -0.25) is 10.1 Å². The van der Waals surface area contributed by atoms with Gasteiger partial charge in [-0.2, -0.15) is 0 Å². The number of aromatic nitrogens is 2. The molecule has 7 heteroatoms. The molecule has 6 nitrogen and oxygen atoms in total. The summed E-state index contributed by atoms with van der Waals surface area (Å²) in [7, 11) is 1.92. The minimum atomic E-state index is -0.421. The Morgan fingerprint density at radius 3 is 2.79 bits per heavy atom. The molecule has 1 aromatic carbocycles. The first-order valence-electron chi connectivity index (χ1n) is 5.66. The summed E-state index contributed by atoms with van der Waals surface area (Å²) in [6.07, 6.45) is 3.61. The number of nitrogens with zero attached hydrogens (tertiary/aromatic N) is 3. The summed E-state index contributed by atoms with van der Waals surface area (Å²) < 4.78 is 2.38. The maximum atomic E-state index is 10.7. The fourth-order valence-corrected chi connectivity index (χ4v) is 2.38. The second kappa shape index (κ2) is 5.40. The first-order chi connectivity index (χ1) is 8.99. The van der Waals surface area contributed by atoms with E-state index in [4.69, 9.17) is 0 Å². The molecule has 0 aliphatic rings. The molecule has 0 amide bonds. The number of nitro benzene ring substituents is 1. The highest BCUT2D eigenvalue weighted by Gasteiger charge is 2.14. The number of rotatable bonds is 4. The minimum Gasteiger partial charge on any atom is -0.375 e. The molecule has 0 spiro atoms. The van der Waals surface area contributed by atoms with E-state index in [2.05, 4.69) is 26.2 Å². The third-order valence-corrected chi connectivity index (χ3v) is 3.41. The molecule has 0 aliphatic carbocycles. The van der Waals surface area contributed by atoms with Gasteiger partial charge < -0.3 is 9.88 Å². The normalized spacial score (nSPS) is 12.2. The number of nitrogens with one attached hydrogen (secondary N) is 1. The Balaban J connectivity index is 2.18. The SMILES string of the molecule is CC(Nc1ccc([N+](=O)[O-])c(Br)c1)c1nccn1C. The average Bonchev–Trinajstić information content (AvgIpc) is 2.75. The van der Waals surface area contributed by atoms with E-state index >= 15 is 0 Å². The molecule has 2 aromatic rings. The lowest BCUT2D eigenvalue weighted by molar-refractivity contribution is -0.385. The van der Waals surface area contributed by atoms with Crippen molar-refractivity contribution >= 4 is 27.3 Å². The minimum absolute atomic E-state index is 0.00774. The van der Waals surface area contributed by atoms with Crippen LogP contribution in [-0.4, -0.2) is 14.5 Å². The van der Waals surface area contributed by atoms with Crippen LogP contribution in [0.4, 0.5) is 11.4 Å². The Morgan fingerprint density at radius 1 is 1.53 bits per heavy atom. The van der Waals surface area contributed by atoms with E-state index in [1.54, 1.807) is 18.3 Å². The van der Waals surface area contributed by atoms with Gasteiger partial charge >= 0.3 is 0 Å². The molecule has 19 heavy (non-hydrogen) atoms. The van der Waals surface area contributed by atoms with Crippen molar-refractivity contribution < 1.29 is 4.92 Å². The van der Waals surface area contributed by atoms with E-state index in [9.17, 15) is 10.1 Å². The number of hydrogen-bond acceptors (Lipinski definition) is 4. The lowest BCUT2D eigenvalue weighted by Crippen LogP contribution is -2.11. The zero-order valence-corrected chi connectivity index (χ0v) is 12.1. The van der Waals surface area contributed by atoms with Gasteiger partial charge in [0.05, 0.1) is 15.4 Å². The van der Waals surface area contributed by atoms with Crippen LogP contribution in [0.5, 0.6) is 0 Å². The molecule has 1 heterocycles. The van der Waals surface area contributed by atoms with Gasteiger partial charge in [0.25, 0.3) is 5.69 Å². The fourth-order valence-electron chi connectivity index (χ4n) is 1.85. The summed E-state index contributed by atoms with van der Waals surface area (Å²) in [6, 6.07) is 4.85. The van der Waals surface area contributed by atoms with Crippen LogP contribution in [-0.2, 0) is 7.05 Å². The quantitative estimate of drug-likeness (QED) is 0.692. The van der Waals surface area contributed by atoms with Gasteiger partial charge in [0, 0.05) is 31.2 Å². The Hall–Kier alpha value is -1.89. The number of anilines is 1. The van der Waals surface area contributed by atoms with Crippen LogP contribution in [0, 0.1) is 10.1 Å². The molecule has 0 saturated carbocycles. The highest BCUT2D eigenvalue weighted by Crippen LogP contribution is 2.29. The van der Waals surface area contributed by atoms with Gasteiger partial charge in [0.1, 0.15) is 5.82 Å². The molecule has 2 rings (SSSR count). The molecule has 100 valence electrons. The van der Waals surface area contributed by atoms with E-state index < -0.39 is 4.92 Å². The topological polar surface area (TPSA) is 73.0 Å². The van der Waals surface area contributed by atoms with Crippen molar-refractivity contribution in [3.8, 4) is 0 Å². The van der Waals surface area contributed by atoms with Gasteiger partial charge in [-0.05, 0) is 35.0 Å². The number of aryl methyl sites for hydroxylation is 1. The molecule has 1 unspecified atom stereocenters. The third-order valence-electron chi connectivity index (χ3n) is 2.77. The molecule has 0 aliphatic heterocycles. The van der Waals surface area contributed by atoms with Gasteiger partial charge in [0.2, 0.25) is 0 Å². The lowest BCUT2D eigenvalue weighted by Gasteiger charge is -2.15. The summed E-state index contributed by atoms with van der Waals surface area (Å²) >= 11 is 3.20. The molecule has 1 atom stereocenters. The van der Waals surface area contributed by atoms with E-state index in [0.29, 0.717) is 4.47 Å². The monoisotopic (exact) mass is 324 g/mol. The van der Waals surface area contributed by atoms with Crippen molar-refractivity contribution in [1.82, 2.24) is 9.55 Å². The second-order valence-electron chi connectivity index (χ2n) is 4.19. The summed E-state index contributed by atoms with van der Waals surface area (Å²) in [6.45, 7) is 1.98. The summed E-state index contributed by atoms with van der Waals surface area (Å²) in [5, 5.41) is 14.0. The van der Waals surface area contributed by atoms with Crippen LogP contribution in [0.25, 0.3) is 0 Å². The number of imidazole rings is 1. The van der Waals surface area contributed by atoms with Crippen molar-refractivity contribution in [2.45, 2.75) is 13.0 Å². The maximum absolute atomic E-state index is 10.7. The smallest absolute Gasteiger partial charge is 0.283 e. The predicted molar refractivity (Wildman–Crippen MR) is 76.0 cm³/mol. The molecule has 0 saturated heterocycles. The first kappa shape index (κ1) is 13.5. The van der Waals surface area contributed by atoms with E-state index in [-0.39, 0.29) is 11.7 Å². The summed E-state index contributed by atoms with van der Waals surface area (Å²) in [5.74, 6) is 0.898. The zero-order valence-electron chi connectivity index (χ0n) is 10.5. The Morgan fingerprint density at radius 2 is 2.26 bits per heavy atom. The van der Waals surface area contributed by atoms with Crippen molar-refractivity contribution in [3.05, 3.63) is 51.0 Å². The van der Waals surface area contributed by atoms with Crippen LogP contribution < -0.4 is 5.32 Å². The van der Waals surface area contributed by atoms with Crippen molar-refractivity contribution in [1.29, 1.82) is 0 Å². The second-order valence-corrected chi connectivity index (χ2v) is 5.04. The number of nitro groups is 1. The standard InChI is InChI=1S/C12H13BrN4O2/c1-8(12-14-5-6-16(12)2)15-9-3-4-11(17(18)19)10(13)7-9/h3-8,15H,1-2H3. The van der Waals surface area contributed by atoms with Crippen LogP contribution in [0.1, 0.15) is 18.8 Å². The van der Waals surface area contributed by atoms with E-state index in [1.165, 1.54) is 6.07 Å². The average molecular weight is 325 g/mol. The van der Waals surface area contributed by atoms with Gasteiger partial charge in [-0.25, -0.2) is 4.98 Å². The van der Waals surface area contributed by atoms with Crippen LogP contribution in [0.15, 0.2) is 35.1 Å². The van der Waals surface area contributed by atoms with Crippen molar-refractivity contribution in [3.63, 3.8) is 0 Å². The Labute approximate surface area is 118 Å². The van der Waals surface area contributed by atoms with Crippen molar-refractivity contribution in [2.75, 3.05) is 5.32 Å². The van der Waals surface area contributed by atoms with Gasteiger partial charge in [-0.1, -0.05) is 0 Å². The van der Waals surface area contributed by atoms with Crippen molar-refractivity contribution in [2.24, 2.45) is 7.05 Å². The molecule has 0 radical (unpaired) electrons. The van der Waals surface area contributed by atoms with Crippen LogP contribution in [0.3, 0.4) is 0 Å². The van der Waals surface area contributed by atoms with Gasteiger partial charge in [-0.15, -0.1) is 0 Å². The molecule has 1 N–H and O–H groups in total. The fraction of sp³-hybridized carbons (Fsp3) is 0.250. The Bertz CT molecular complexity index is 612. The predicted octanol–water partition coefficient (Wildman–Crippen LogP) is 3.26.